The first-order valence-electron chi connectivity index (χ1n) is 6.76. The van der Waals surface area contributed by atoms with Gasteiger partial charge in [0.2, 0.25) is 0 Å². The van der Waals surface area contributed by atoms with Gasteiger partial charge in [0.15, 0.2) is 0 Å². The zero-order valence-electron chi connectivity index (χ0n) is 11.5. The Morgan fingerprint density at radius 3 is 2.52 bits per heavy atom. The molecule has 2 N–H and O–H groups in total. The number of aromatic amines is 2. The predicted molar refractivity (Wildman–Crippen MR) is 83.4 cm³/mol. The number of para-hydroxylation sites is 1. The number of benzene rings is 2. The van der Waals surface area contributed by atoms with Gasteiger partial charge < -0.3 is 4.98 Å². The molecule has 0 radical (unpaired) electrons. The highest BCUT2D eigenvalue weighted by Crippen LogP contribution is 2.38. The first kappa shape index (κ1) is 14.1. The van der Waals surface area contributed by atoms with Crippen LogP contribution in [0, 0.1) is 0 Å². The number of aromatic nitrogens is 3. The van der Waals surface area contributed by atoms with Crippen LogP contribution in [0.25, 0.3) is 33.2 Å². The van der Waals surface area contributed by atoms with Gasteiger partial charge in [0.1, 0.15) is 5.69 Å². The molecule has 0 aliphatic heterocycles. The van der Waals surface area contributed by atoms with E-state index in [1.54, 1.807) is 0 Å². The quantitative estimate of drug-likeness (QED) is 0.481. The van der Waals surface area contributed by atoms with Crippen molar-refractivity contribution in [3.63, 3.8) is 0 Å². The van der Waals surface area contributed by atoms with Crippen LogP contribution in [0.15, 0.2) is 42.5 Å². The van der Waals surface area contributed by atoms with Gasteiger partial charge in [-0.3, -0.25) is 5.10 Å². The first-order chi connectivity index (χ1) is 10.9. The number of rotatable bonds is 1. The first-order valence-corrected chi connectivity index (χ1v) is 7.14. The summed E-state index contributed by atoms with van der Waals surface area (Å²) >= 11 is 5.81. The van der Waals surface area contributed by atoms with Crippen molar-refractivity contribution in [1.29, 1.82) is 0 Å². The molecule has 23 heavy (non-hydrogen) atoms. The molecular weight excluding hydrogens is 327 g/mol. The van der Waals surface area contributed by atoms with E-state index in [0.717, 1.165) is 17.0 Å². The monoisotopic (exact) mass is 335 g/mol. The zero-order chi connectivity index (χ0) is 16.2. The summed E-state index contributed by atoms with van der Waals surface area (Å²) in [6.07, 6.45) is -4.50. The molecule has 2 aromatic heterocycles. The van der Waals surface area contributed by atoms with Crippen LogP contribution in [-0.2, 0) is 6.18 Å². The summed E-state index contributed by atoms with van der Waals surface area (Å²) in [5.74, 6) is 0. The van der Waals surface area contributed by atoms with Gasteiger partial charge in [0, 0.05) is 16.3 Å². The summed E-state index contributed by atoms with van der Waals surface area (Å²) in [5.41, 5.74) is 1.59. The molecule has 0 spiro atoms. The van der Waals surface area contributed by atoms with Gasteiger partial charge in [0.05, 0.1) is 21.8 Å². The molecule has 4 rings (SSSR count). The molecule has 2 heterocycles. The van der Waals surface area contributed by atoms with Crippen LogP contribution in [0.2, 0.25) is 5.02 Å². The molecule has 0 fully saturated rings. The molecule has 0 saturated heterocycles. The number of nitrogens with one attached hydrogen (secondary N) is 2. The van der Waals surface area contributed by atoms with E-state index in [2.05, 4.69) is 15.2 Å². The molecule has 0 aliphatic carbocycles. The van der Waals surface area contributed by atoms with Crippen LogP contribution in [0.1, 0.15) is 5.56 Å². The van der Waals surface area contributed by atoms with E-state index in [1.165, 1.54) is 6.07 Å². The molecule has 0 aliphatic rings. The highest BCUT2D eigenvalue weighted by molar-refractivity contribution is 6.32. The van der Waals surface area contributed by atoms with Crippen LogP contribution >= 0.6 is 11.6 Å². The number of alkyl halides is 3. The lowest BCUT2D eigenvalue weighted by Gasteiger charge is -2.08. The number of hydrogen-bond donors (Lipinski definition) is 2. The summed E-state index contributed by atoms with van der Waals surface area (Å²) in [7, 11) is 0. The molecule has 0 saturated carbocycles. The van der Waals surface area contributed by atoms with Gasteiger partial charge in [-0.1, -0.05) is 29.8 Å². The Bertz CT molecular complexity index is 997. The Morgan fingerprint density at radius 2 is 1.78 bits per heavy atom. The van der Waals surface area contributed by atoms with Crippen molar-refractivity contribution in [3.8, 4) is 11.4 Å². The van der Waals surface area contributed by atoms with Crippen LogP contribution < -0.4 is 0 Å². The van der Waals surface area contributed by atoms with Crippen LogP contribution in [-0.4, -0.2) is 15.2 Å². The van der Waals surface area contributed by atoms with E-state index in [4.69, 9.17) is 11.6 Å². The van der Waals surface area contributed by atoms with Gasteiger partial charge in [-0.2, -0.15) is 18.3 Å². The molecule has 0 amide bonds. The predicted octanol–water partition coefficient (Wildman–Crippen LogP) is 5.38. The third-order valence-corrected chi connectivity index (χ3v) is 4.05. The molecule has 7 heteroatoms. The van der Waals surface area contributed by atoms with Crippen LogP contribution in [0.4, 0.5) is 13.2 Å². The van der Waals surface area contributed by atoms with Crippen molar-refractivity contribution in [2.24, 2.45) is 0 Å². The second kappa shape index (κ2) is 4.76. The second-order valence-electron chi connectivity index (χ2n) is 5.22. The molecule has 0 bridgehead atoms. The SMILES string of the molecule is FC(F)(F)c1cc2[nH]nc(-c3cc4ccccc4[nH]3)c2cc1Cl. The maximum atomic E-state index is 12.9. The van der Waals surface area contributed by atoms with Crippen molar-refractivity contribution in [3.05, 3.63) is 53.1 Å². The highest BCUT2D eigenvalue weighted by Gasteiger charge is 2.34. The highest BCUT2D eigenvalue weighted by atomic mass is 35.5. The van der Waals surface area contributed by atoms with E-state index >= 15 is 0 Å². The van der Waals surface area contributed by atoms with E-state index < -0.39 is 11.7 Å². The Kier molecular flexibility index (Phi) is 2.93. The van der Waals surface area contributed by atoms with E-state index in [-0.39, 0.29) is 10.5 Å². The minimum atomic E-state index is -4.50. The summed E-state index contributed by atoms with van der Waals surface area (Å²) in [6, 6.07) is 11.9. The summed E-state index contributed by atoms with van der Waals surface area (Å²) in [6.45, 7) is 0. The number of hydrogen-bond acceptors (Lipinski definition) is 1. The molecule has 0 atom stereocenters. The van der Waals surface area contributed by atoms with Gasteiger partial charge in [-0.05, 0) is 24.3 Å². The fourth-order valence-electron chi connectivity index (χ4n) is 2.66. The molecular formula is C16H9ClF3N3. The average Bonchev–Trinajstić information content (AvgIpc) is 3.07. The maximum absolute atomic E-state index is 12.9. The Morgan fingerprint density at radius 1 is 1.00 bits per heavy atom. The lowest BCUT2D eigenvalue weighted by atomic mass is 10.1. The number of nitrogens with zero attached hydrogens (tertiary/aromatic N) is 1. The van der Waals surface area contributed by atoms with Crippen molar-refractivity contribution in [2.45, 2.75) is 6.18 Å². The fourth-order valence-corrected chi connectivity index (χ4v) is 2.93. The number of halogens is 4. The minimum Gasteiger partial charge on any atom is -0.353 e. The average molecular weight is 336 g/mol. The van der Waals surface area contributed by atoms with Gasteiger partial charge in [-0.15, -0.1) is 0 Å². The smallest absolute Gasteiger partial charge is 0.353 e. The fraction of sp³-hybridized carbons (Fsp3) is 0.0625. The van der Waals surface area contributed by atoms with Gasteiger partial charge in [-0.25, -0.2) is 0 Å². The van der Waals surface area contributed by atoms with Gasteiger partial charge in [0.25, 0.3) is 0 Å². The van der Waals surface area contributed by atoms with Gasteiger partial charge >= 0.3 is 6.18 Å². The van der Waals surface area contributed by atoms with E-state index in [9.17, 15) is 13.2 Å². The zero-order valence-corrected chi connectivity index (χ0v) is 12.3. The van der Waals surface area contributed by atoms with E-state index in [1.807, 2.05) is 30.3 Å². The normalized spacial score (nSPS) is 12.3. The minimum absolute atomic E-state index is 0.287. The Hall–Kier alpha value is -2.47. The summed E-state index contributed by atoms with van der Waals surface area (Å²) in [5, 5.41) is 7.97. The Balaban J connectivity index is 1.93. The summed E-state index contributed by atoms with van der Waals surface area (Å²) < 4.78 is 38.8. The second-order valence-corrected chi connectivity index (χ2v) is 5.63. The molecule has 4 aromatic rings. The molecule has 116 valence electrons. The molecule has 0 unspecified atom stereocenters. The van der Waals surface area contributed by atoms with Crippen LogP contribution in [0.5, 0.6) is 0 Å². The number of fused-ring (bicyclic) bond motifs is 2. The third-order valence-electron chi connectivity index (χ3n) is 3.74. The Labute approximate surface area is 133 Å². The van der Waals surface area contributed by atoms with Crippen molar-refractivity contribution >= 4 is 33.4 Å². The summed E-state index contributed by atoms with van der Waals surface area (Å²) in [4.78, 5) is 3.21. The number of H-pyrrole nitrogens is 2. The third kappa shape index (κ3) is 2.26. The van der Waals surface area contributed by atoms with Crippen LogP contribution in [0.3, 0.4) is 0 Å². The topological polar surface area (TPSA) is 44.5 Å². The van der Waals surface area contributed by atoms with Crippen molar-refractivity contribution in [1.82, 2.24) is 15.2 Å². The largest absolute Gasteiger partial charge is 0.417 e. The molecule has 2 aromatic carbocycles. The van der Waals surface area contributed by atoms with E-state index in [0.29, 0.717) is 16.8 Å². The lowest BCUT2D eigenvalue weighted by Crippen LogP contribution is -2.05. The standard InChI is InChI=1S/C16H9ClF3N3/c17-11-6-9-13(7-10(11)16(18,19)20)22-23-15(9)14-5-8-3-1-2-4-12(8)21-14/h1-7,21H,(H,22,23). The lowest BCUT2D eigenvalue weighted by molar-refractivity contribution is -0.137. The maximum Gasteiger partial charge on any atom is 0.417 e. The van der Waals surface area contributed by atoms with Crippen molar-refractivity contribution < 1.29 is 13.2 Å². The van der Waals surface area contributed by atoms with Crippen molar-refractivity contribution in [2.75, 3.05) is 0 Å². The molecule has 3 nitrogen and oxygen atoms in total.